The molecule has 1 rings (SSSR count). The second-order valence-electron chi connectivity index (χ2n) is 3.17. The molecule has 0 amide bonds. The van der Waals surface area contributed by atoms with Crippen molar-refractivity contribution in [3.63, 3.8) is 0 Å². The summed E-state index contributed by atoms with van der Waals surface area (Å²) in [5.41, 5.74) is 0.277. The van der Waals surface area contributed by atoms with Gasteiger partial charge < -0.3 is 14.2 Å². The van der Waals surface area contributed by atoms with Gasteiger partial charge in [-0.3, -0.25) is 0 Å². The smallest absolute Gasteiger partial charge is 0.338 e. The van der Waals surface area contributed by atoms with Gasteiger partial charge in [-0.05, 0) is 6.08 Å². The molecule has 6 nitrogen and oxygen atoms in total. The monoisotopic (exact) mass is 240 g/mol. The highest BCUT2D eigenvalue weighted by molar-refractivity contribution is 6.01. The minimum atomic E-state index is -0.720. The average Bonchev–Trinajstić information content (AvgIpc) is 2.73. The highest BCUT2D eigenvalue weighted by Crippen LogP contribution is 2.16. The number of methoxy groups -OCH3 is 2. The molecule has 0 radical (unpaired) electrons. The minimum Gasteiger partial charge on any atom is -0.466 e. The summed E-state index contributed by atoms with van der Waals surface area (Å²) in [6.07, 6.45) is 2.64. The highest BCUT2D eigenvalue weighted by Gasteiger charge is 2.21. The third-order valence-electron chi connectivity index (χ3n) is 2.09. The molecule has 6 heteroatoms. The number of ether oxygens (including phenoxy) is 3. The normalized spacial score (nSPS) is 17.9. The lowest BCUT2D eigenvalue weighted by molar-refractivity contribution is -0.138. The van der Waals surface area contributed by atoms with Crippen LogP contribution in [0, 0.1) is 0 Å². The van der Waals surface area contributed by atoms with Gasteiger partial charge in [0, 0.05) is 18.1 Å². The van der Waals surface area contributed by atoms with E-state index in [1.165, 1.54) is 20.3 Å². The van der Waals surface area contributed by atoms with E-state index in [9.17, 15) is 14.4 Å². The van der Waals surface area contributed by atoms with Crippen LogP contribution < -0.4 is 0 Å². The minimum absolute atomic E-state index is 0.0480. The molecule has 0 aromatic heterocycles. The SMILES string of the molecule is COC(=O)/C=C(\C=C1/CCOC1=O)C(=O)OC. The lowest BCUT2D eigenvalue weighted by Crippen LogP contribution is -2.08. The molecule has 0 bridgehead atoms. The average molecular weight is 240 g/mol. The van der Waals surface area contributed by atoms with Gasteiger partial charge in [0.15, 0.2) is 0 Å². The Kier molecular flexibility index (Phi) is 4.45. The molecule has 17 heavy (non-hydrogen) atoms. The standard InChI is InChI=1S/C11H12O6/c1-15-9(12)6-8(10(13)16-2)5-7-3-4-17-11(7)14/h5-6H,3-4H2,1-2H3/b7-5+,8-6+. The van der Waals surface area contributed by atoms with Crippen LogP contribution in [-0.4, -0.2) is 38.7 Å². The summed E-state index contributed by atoms with van der Waals surface area (Å²) in [6.45, 7) is 0.275. The van der Waals surface area contributed by atoms with Crippen LogP contribution in [0.5, 0.6) is 0 Å². The number of hydrogen-bond acceptors (Lipinski definition) is 6. The number of carbonyl (C=O) groups is 3. The summed E-state index contributed by atoms with van der Waals surface area (Å²) in [4.78, 5) is 33.6. The molecule has 0 aromatic rings. The molecule has 0 N–H and O–H groups in total. The predicted molar refractivity (Wildman–Crippen MR) is 55.8 cm³/mol. The van der Waals surface area contributed by atoms with Crippen molar-refractivity contribution in [2.45, 2.75) is 6.42 Å². The third kappa shape index (κ3) is 3.44. The summed E-state index contributed by atoms with van der Waals surface area (Å²) >= 11 is 0. The molecular weight excluding hydrogens is 228 g/mol. The molecule has 92 valence electrons. The van der Waals surface area contributed by atoms with Crippen LogP contribution in [0.4, 0.5) is 0 Å². The van der Waals surface area contributed by atoms with Crippen LogP contribution in [0.1, 0.15) is 6.42 Å². The van der Waals surface area contributed by atoms with Crippen LogP contribution in [0.2, 0.25) is 0 Å². The van der Waals surface area contributed by atoms with Gasteiger partial charge in [-0.15, -0.1) is 0 Å². The summed E-state index contributed by atoms with van der Waals surface area (Å²) in [6, 6.07) is 0. The van der Waals surface area contributed by atoms with E-state index in [-0.39, 0.29) is 12.2 Å². The van der Waals surface area contributed by atoms with Crippen molar-refractivity contribution in [3.05, 3.63) is 23.3 Å². The molecule has 0 aromatic carbocycles. The topological polar surface area (TPSA) is 78.9 Å². The Balaban J connectivity index is 2.99. The van der Waals surface area contributed by atoms with E-state index in [1.54, 1.807) is 0 Å². The van der Waals surface area contributed by atoms with E-state index in [2.05, 4.69) is 9.47 Å². The Labute approximate surface area is 97.8 Å². The number of cyclic esters (lactones) is 1. The Hall–Kier alpha value is -2.11. The van der Waals surface area contributed by atoms with E-state index >= 15 is 0 Å². The van der Waals surface area contributed by atoms with E-state index < -0.39 is 17.9 Å². The van der Waals surface area contributed by atoms with E-state index in [1.807, 2.05) is 0 Å². The Morgan fingerprint density at radius 3 is 2.47 bits per heavy atom. The van der Waals surface area contributed by atoms with Crippen molar-refractivity contribution >= 4 is 17.9 Å². The van der Waals surface area contributed by atoms with Crippen LogP contribution in [-0.2, 0) is 28.6 Å². The zero-order valence-electron chi connectivity index (χ0n) is 9.52. The van der Waals surface area contributed by atoms with Gasteiger partial charge in [0.05, 0.1) is 26.4 Å². The molecule has 0 spiro atoms. The maximum atomic E-state index is 11.4. The molecule has 0 unspecified atom stereocenters. The molecule has 1 aliphatic heterocycles. The molecule has 1 heterocycles. The van der Waals surface area contributed by atoms with Gasteiger partial charge in [-0.2, -0.15) is 0 Å². The number of rotatable bonds is 3. The van der Waals surface area contributed by atoms with E-state index in [0.717, 1.165) is 6.08 Å². The summed E-state index contributed by atoms with van der Waals surface area (Å²) < 4.78 is 13.6. The Morgan fingerprint density at radius 2 is 2.00 bits per heavy atom. The van der Waals surface area contributed by atoms with Crippen LogP contribution >= 0.6 is 0 Å². The van der Waals surface area contributed by atoms with Gasteiger partial charge in [0.2, 0.25) is 0 Å². The number of carbonyl (C=O) groups excluding carboxylic acids is 3. The molecule has 0 saturated carbocycles. The van der Waals surface area contributed by atoms with Gasteiger partial charge in [-0.1, -0.05) is 0 Å². The van der Waals surface area contributed by atoms with Crippen LogP contribution in [0.3, 0.4) is 0 Å². The van der Waals surface area contributed by atoms with Gasteiger partial charge in [0.25, 0.3) is 0 Å². The third-order valence-corrected chi connectivity index (χ3v) is 2.09. The first-order valence-corrected chi connectivity index (χ1v) is 4.84. The lowest BCUT2D eigenvalue weighted by atomic mass is 10.1. The van der Waals surface area contributed by atoms with Crippen molar-refractivity contribution in [1.82, 2.24) is 0 Å². The first-order chi connectivity index (χ1) is 8.08. The molecule has 1 aliphatic rings. The van der Waals surface area contributed by atoms with Gasteiger partial charge in [0.1, 0.15) is 0 Å². The summed E-state index contributed by atoms with van der Waals surface area (Å²) in [5.74, 6) is -1.92. The fourth-order valence-corrected chi connectivity index (χ4v) is 1.23. The Bertz CT molecular complexity index is 404. The van der Waals surface area contributed by atoms with Crippen molar-refractivity contribution < 1.29 is 28.6 Å². The van der Waals surface area contributed by atoms with Crippen molar-refractivity contribution in [2.75, 3.05) is 20.8 Å². The fraction of sp³-hybridized carbons (Fsp3) is 0.364. The molecule has 0 aliphatic carbocycles. The van der Waals surface area contributed by atoms with Crippen molar-refractivity contribution in [1.29, 1.82) is 0 Å². The zero-order chi connectivity index (χ0) is 12.8. The maximum absolute atomic E-state index is 11.4. The maximum Gasteiger partial charge on any atom is 0.338 e. The van der Waals surface area contributed by atoms with Gasteiger partial charge >= 0.3 is 17.9 Å². The fourth-order valence-electron chi connectivity index (χ4n) is 1.23. The Morgan fingerprint density at radius 1 is 1.29 bits per heavy atom. The quantitative estimate of drug-likeness (QED) is 0.396. The molecule has 1 saturated heterocycles. The van der Waals surface area contributed by atoms with Crippen molar-refractivity contribution in [3.8, 4) is 0 Å². The second kappa shape index (κ2) is 5.83. The van der Waals surface area contributed by atoms with E-state index in [4.69, 9.17) is 4.74 Å². The molecular formula is C11H12O6. The highest BCUT2D eigenvalue weighted by atomic mass is 16.5. The lowest BCUT2D eigenvalue weighted by Gasteiger charge is -2.00. The zero-order valence-corrected chi connectivity index (χ0v) is 9.52. The van der Waals surface area contributed by atoms with Crippen molar-refractivity contribution in [2.24, 2.45) is 0 Å². The predicted octanol–water partition coefficient (Wildman–Crippen LogP) is 0.132. The first-order valence-electron chi connectivity index (χ1n) is 4.84. The van der Waals surface area contributed by atoms with Gasteiger partial charge in [-0.25, -0.2) is 14.4 Å². The first kappa shape index (κ1) is 13.0. The van der Waals surface area contributed by atoms with Crippen LogP contribution in [0.25, 0.3) is 0 Å². The van der Waals surface area contributed by atoms with E-state index in [0.29, 0.717) is 12.0 Å². The summed E-state index contributed by atoms with van der Waals surface area (Å²) in [5, 5.41) is 0. The van der Waals surface area contributed by atoms with Crippen LogP contribution in [0.15, 0.2) is 23.3 Å². The summed E-state index contributed by atoms with van der Waals surface area (Å²) in [7, 11) is 2.36. The second-order valence-corrected chi connectivity index (χ2v) is 3.17. The number of esters is 3. The molecule has 0 atom stereocenters. The molecule has 1 fully saturated rings. The number of hydrogen-bond donors (Lipinski definition) is 0. The largest absolute Gasteiger partial charge is 0.466 e.